The van der Waals surface area contributed by atoms with E-state index in [0.29, 0.717) is 12.5 Å². The van der Waals surface area contributed by atoms with Crippen molar-refractivity contribution in [2.24, 2.45) is 11.7 Å². The van der Waals surface area contributed by atoms with E-state index in [0.717, 1.165) is 6.42 Å². The number of hydrogen-bond donors (Lipinski definition) is 2. The third-order valence-corrected chi connectivity index (χ3v) is 2.51. The molecule has 0 saturated carbocycles. The zero-order chi connectivity index (χ0) is 14.5. The maximum absolute atomic E-state index is 12.9. The van der Waals surface area contributed by atoms with Gasteiger partial charge in [-0.3, -0.25) is 9.48 Å². The van der Waals surface area contributed by atoms with Crippen molar-refractivity contribution < 1.29 is 13.6 Å². The van der Waals surface area contributed by atoms with E-state index in [2.05, 4.69) is 29.5 Å². The highest BCUT2D eigenvalue weighted by molar-refractivity contribution is 5.91. The predicted molar refractivity (Wildman–Crippen MR) is 65.8 cm³/mol. The number of carbonyl (C=O) groups excluding carboxylic acids is 1. The number of nitrogens with zero attached hydrogens (tertiary/aromatic N) is 3. The van der Waals surface area contributed by atoms with Crippen LogP contribution < -0.4 is 11.1 Å². The van der Waals surface area contributed by atoms with E-state index in [9.17, 15) is 13.6 Å². The molecule has 0 aliphatic carbocycles. The van der Waals surface area contributed by atoms with Gasteiger partial charge in [0.2, 0.25) is 0 Å². The van der Waals surface area contributed by atoms with Crippen LogP contribution in [0.2, 0.25) is 0 Å². The molecule has 1 rings (SSSR count). The van der Waals surface area contributed by atoms with Gasteiger partial charge in [-0.05, 0) is 12.3 Å². The fourth-order valence-corrected chi connectivity index (χ4v) is 1.27. The minimum Gasteiger partial charge on any atom is -0.344 e. The van der Waals surface area contributed by atoms with Gasteiger partial charge in [0.05, 0.1) is 19.3 Å². The van der Waals surface area contributed by atoms with Crippen molar-refractivity contribution in [3.8, 4) is 0 Å². The van der Waals surface area contributed by atoms with Crippen LogP contribution >= 0.6 is 0 Å². The van der Waals surface area contributed by atoms with Crippen molar-refractivity contribution in [3.63, 3.8) is 0 Å². The van der Waals surface area contributed by atoms with Crippen LogP contribution in [0.15, 0.2) is 6.20 Å². The van der Waals surface area contributed by atoms with Gasteiger partial charge < -0.3 is 11.1 Å². The number of rotatable bonds is 7. The molecular weight excluding hydrogens is 256 g/mol. The van der Waals surface area contributed by atoms with Crippen molar-refractivity contribution in [2.75, 3.05) is 13.1 Å². The fraction of sp³-hybridized carbons (Fsp3) is 0.727. The number of halogens is 2. The zero-order valence-corrected chi connectivity index (χ0v) is 11.1. The predicted octanol–water partition coefficient (Wildman–Crippen LogP) is 0.648. The number of amides is 1. The molecular formula is C11H19F2N5O. The minimum atomic E-state index is -3.11. The van der Waals surface area contributed by atoms with Crippen molar-refractivity contribution in [2.45, 2.75) is 32.7 Å². The first-order chi connectivity index (χ1) is 8.84. The van der Waals surface area contributed by atoms with Crippen molar-refractivity contribution in [1.82, 2.24) is 20.3 Å². The van der Waals surface area contributed by atoms with Gasteiger partial charge in [0.15, 0.2) is 5.69 Å². The van der Waals surface area contributed by atoms with E-state index in [1.54, 1.807) is 0 Å². The maximum atomic E-state index is 12.9. The minimum absolute atomic E-state index is 0.0246. The first kappa shape index (κ1) is 15.5. The van der Waals surface area contributed by atoms with Gasteiger partial charge in [0.25, 0.3) is 11.8 Å². The van der Waals surface area contributed by atoms with Crippen molar-refractivity contribution in [1.29, 1.82) is 0 Å². The van der Waals surface area contributed by atoms with E-state index in [1.807, 2.05) is 0 Å². The Balaban J connectivity index is 2.49. The van der Waals surface area contributed by atoms with E-state index < -0.39 is 24.9 Å². The smallest absolute Gasteiger partial charge is 0.277 e. The standard InChI is InChI=1S/C11H19F2N5O/c1-8(2)3-4-18-5-9(16-17-18)10(19)15-7-11(12,13)6-14/h5,8H,3-4,6-7,14H2,1-2H3,(H,15,19). The Labute approximate surface area is 110 Å². The van der Waals surface area contributed by atoms with E-state index in [1.165, 1.54) is 10.9 Å². The van der Waals surface area contributed by atoms with Crippen LogP contribution in [0.25, 0.3) is 0 Å². The molecule has 0 unspecified atom stereocenters. The Morgan fingerprint density at radius 2 is 2.26 bits per heavy atom. The molecule has 0 aliphatic heterocycles. The summed E-state index contributed by atoms with van der Waals surface area (Å²) in [6, 6.07) is 0. The molecule has 6 nitrogen and oxygen atoms in total. The topological polar surface area (TPSA) is 85.8 Å². The Morgan fingerprint density at radius 1 is 1.58 bits per heavy atom. The molecule has 0 bridgehead atoms. The third kappa shape index (κ3) is 5.29. The summed E-state index contributed by atoms with van der Waals surface area (Å²) in [6.07, 6.45) is 2.34. The van der Waals surface area contributed by atoms with Crippen LogP contribution in [0.5, 0.6) is 0 Å². The van der Waals surface area contributed by atoms with Gasteiger partial charge in [-0.15, -0.1) is 5.10 Å². The number of carbonyl (C=O) groups is 1. The summed E-state index contributed by atoms with van der Waals surface area (Å²) < 4.78 is 27.2. The molecule has 0 saturated heterocycles. The van der Waals surface area contributed by atoms with E-state index >= 15 is 0 Å². The number of nitrogens with two attached hydrogens (primary N) is 1. The van der Waals surface area contributed by atoms with E-state index in [4.69, 9.17) is 5.73 Å². The second-order valence-electron chi connectivity index (χ2n) is 4.79. The number of aromatic nitrogens is 3. The zero-order valence-electron chi connectivity index (χ0n) is 11.1. The summed E-state index contributed by atoms with van der Waals surface area (Å²) >= 11 is 0. The molecule has 0 spiro atoms. The molecule has 8 heteroatoms. The average molecular weight is 275 g/mol. The number of aryl methyl sites for hydroxylation is 1. The highest BCUT2D eigenvalue weighted by Crippen LogP contribution is 2.09. The van der Waals surface area contributed by atoms with Gasteiger partial charge >= 0.3 is 0 Å². The van der Waals surface area contributed by atoms with Crippen molar-refractivity contribution >= 4 is 5.91 Å². The van der Waals surface area contributed by atoms with Gasteiger partial charge in [-0.1, -0.05) is 19.1 Å². The number of alkyl halides is 2. The first-order valence-corrected chi connectivity index (χ1v) is 6.10. The van der Waals surface area contributed by atoms with Gasteiger partial charge in [0.1, 0.15) is 0 Å². The molecule has 0 atom stereocenters. The SMILES string of the molecule is CC(C)CCn1cc(C(=O)NCC(F)(F)CN)nn1. The molecule has 108 valence electrons. The molecule has 1 aromatic heterocycles. The summed E-state index contributed by atoms with van der Waals surface area (Å²) in [4.78, 5) is 11.6. The van der Waals surface area contributed by atoms with Gasteiger partial charge in [0, 0.05) is 6.54 Å². The lowest BCUT2D eigenvalue weighted by molar-refractivity contribution is 0.0118. The van der Waals surface area contributed by atoms with Gasteiger partial charge in [-0.2, -0.15) is 0 Å². The second-order valence-corrected chi connectivity index (χ2v) is 4.79. The molecule has 3 N–H and O–H groups in total. The Bertz CT molecular complexity index is 419. The third-order valence-electron chi connectivity index (χ3n) is 2.51. The Hall–Kier alpha value is -1.57. The van der Waals surface area contributed by atoms with Crippen LogP contribution in [-0.2, 0) is 6.54 Å². The monoisotopic (exact) mass is 275 g/mol. The normalized spacial score (nSPS) is 11.9. The lowest BCUT2D eigenvalue weighted by Gasteiger charge is -2.13. The largest absolute Gasteiger partial charge is 0.344 e. The lowest BCUT2D eigenvalue weighted by atomic mass is 10.1. The molecule has 0 radical (unpaired) electrons. The Kier molecular flexibility index (Phi) is 5.34. The van der Waals surface area contributed by atoms with Crippen LogP contribution in [0.1, 0.15) is 30.8 Å². The summed E-state index contributed by atoms with van der Waals surface area (Å²) in [7, 11) is 0. The highest BCUT2D eigenvalue weighted by atomic mass is 19.3. The molecule has 0 aromatic carbocycles. The molecule has 0 fully saturated rings. The summed E-state index contributed by atoms with van der Waals surface area (Å²) in [5.41, 5.74) is 4.89. The molecule has 0 aliphatic rings. The van der Waals surface area contributed by atoms with Crippen LogP contribution in [0, 0.1) is 5.92 Å². The average Bonchev–Trinajstić information content (AvgIpc) is 2.82. The molecule has 1 heterocycles. The number of nitrogens with one attached hydrogen (secondary N) is 1. The van der Waals surface area contributed by atoms with Crippen molar-refractivity contribution in [3.05, 3.63) is 11.9 Å². The lowest BCUT2D eigenvalue weighted by Crippen LogP contribution is -2.41. The van der Waals surface area contributed by atoms with E-state index in [-0.39, 0.29) is 5.69 Å². The molecule has 1 aromatic rings. The quantitative estimate of drug-likeness (QED) is 0.765. The fourth-order valence-electron chi connectivity index (χ4n) is 1.27. The highest BCUT2D eigenvalue weighted by Gasteiger charge is 2.27. The summed E-state index contributed by atoms with van der Waals surface area (Å²) in [6.45, 7) is 3.16. The summed E-state index contributed by atoms with van der Waals surface area (Å²) in [5, 5.41) is 9.50. The maximum Gasteiger partial charge on any atom is 0.277 e. The van der Waals surface area contributed by atoms with Crippen LogP contribution in [0.4, 0.5) is 8.78 Å². The second kappa shape index (κ2) is 6.55. The Morgan fingerprint density at radius 3 is 2.84 bits per heavy atom. The first-order valence-electron chi connectivity index (χ1n) is 6.10. The molecule has 19 heavy (non-hydrogen) atoms. The van der Waals surface area contributed by atoms with Crippen LogP contribution in [0.3, 0.4) is 0 Å². The number of hydrogen-bond acceptors (Lipinski definition) is 4. The van der Waals surface area contributed by atoms with Gasteiger partial charge in [-0.25, -0.2) is 8.78 Å². The summed E-state index contributed by atoms with van der Waals surface area (Å²) in [5.74, 6) is -3.28. The molecule has 1 amide bonds. The van der Waals surface area contributed by atoms with Crippen LogP contribution in [-0.4, -0.2) is 39.9 Å².